The SMILES string of the molecule is COc1ccc2nc(NC(=O)C(CC3CCCC3)c3ccc(S(O)(O)C4=NCC4=NCC(=O)O)cc3)sc2n1. The zero-order chi connectivity index (χ0) is 27.6. The molecule has 1 aliphatic heterocycles. The summed E-state index contributed by atoms with van der Waals surface area (Å²) < 4.78 is 27.0. The lowest BCUT2D eigenvalue weighted by Gasteiger charge is -2.37. The van der Waals surface area contributed by atoms with Gasteiger partial charge in [0.15, 0.2) is 10.2 Å². The van der Waals surface area contributed by atoms with Gasteiger partial charge in [-0.05, 0) is 36.1 Å². The second kappa shape index (κ2) is 11.4. The van der Waals surface area contributed by atoms with Crippen LogP contribution in [0.15, 0.2) is 51.3 Å². The topological polar surface area (TPSA) is 167 Å². The molecule has 206 valence electrons. The highest BCUT2D eigenvalue weighted by Gasteiger charge is 2.34. The molecular formula is C26H29N5O6S2. The van der Waals surface area contributed by atoms with Gasteiger partial charge in [0.2, 0.25) is 11.8 Å². The molecule has 1 aromatic carbocycles. The molecule has 3 heterocycles. The summed E-state index contributed by atoms with van der Waals surface area (Å²) in [4.78, 5) is 42.1. The number of benzene rings is 1. The van der Waals surface area contributed by atoms with E-state index in [1.54, 1.807) is 43.5 Å². The number of methoxy groups -OCH3 is 1. The van der Waals surface area contributed by atoms with Crippen molar-refractivity contribution in [1.82, 2.24) is 9.97 Å². The van der Waals surface area contributed by atoms with Gasteiger partial charge in [0.05, 0.1) is 30.2 Å². The van der Waals surface area contributed by atoms with Gasteiger partial charge in [0.25, 0.3) is 0 Å². The smallest absolute Gasteiger partial charge is 0.325 e. The first-order valence-corrected chi connectivity index (χ1v) is 14.9. The highest BCUT2D eigenvalue weighted by Crippen LogP contribution is 2.52. The standard InChI is InChI=1S/C26H29N5O6S2/c1-37-21-11-10-19-24(30-21)38-26(29-19)31-23(34)18(12-15-4-2-3-5-15)16-6-8-17(9-7-16)39(35,36)25-20(13-28-25)27-14-22(32)33/h6-11,15,18,35-36H,2-5,12-14H2,1H3,(H,32,33)(H,29,31,34). The Bertz CT molecular complexity index is 1450. The maximum absolute atomic E-state index is 13.6. The number of carboxylic acids is 1. The van der Waals surface area contributed by atoms with E-state index in [1.807, 2.05) is 0 Å². The van der Waals surface area contributed by atoms with Crippen molar-refractivity contribution < 1.29 is 28.5 Å². The summed E-state index contributed by atoms with van der Waals surface area (Å²) in [6, 6.07) is 10.2. The number of ether oxygens (including phenoxy) is 1. The van der Waals surface area contributed by atoms with Gasteiger partial charge in [-0.15, -0.1) is 10.6 Å². The number of amides is 1. The van der Waals surface area contributed by atoms with Gasteiger partial charge in [-0.2, -0.15) is 0 Å². The number of rotatable bonds is 9. The van der Waals surface area contributed by atoms with E-state index in [-0.39, 0.29) is 28.1 Å². The Labute approximate surface area is 230 Å². The number of nitrogens with one attached hydrogen (secondary N) is 1. The number of thiazole rings is 1. The molecule has 0 spiro atoms. The molecule has 1 atom stereocenters. The van der Waals surface area contributed by atoms with Gasteiger partial charge in [0.1, 0.15) is 16.9 Å². The van der Waals surface area contributed by atoms with Crippen LogP contribution in [0, 0.1) is 5.92 Å². The quantitative estimate of drug-likeness (QED) is 0.277. The number of carbonyl (C=O) groups excluding carboxylic acids is 1. The van der Waals surface area contributed by atoms with Crippen LogP contribution < -0.4 is 10.1 Å². The Hall–Kier alpha value is -3.39. The molecule has 11 nitrogen and oxygen atoms in total. The molecule has 3 aromatic rings. The summed E-state index contributed by atoms with van der Waals surface area (Å²) in [5, 5.41) is 12.3. The number of fused-ring (bicyclic) bond motifs is 1. The van der Waals surface area contributed by atoms with Gasteiger partial charge >= 0.3 is 5.97 Å². The van der Waals surface area contributed by atoms with Gasteiger partial charge in [-0.25, -0.2) is 9.97 Å². The summed E-state index contributed by atoms with van der Waals surface area (Å²) in [7, 11) is -1.91. The lowest BCUT2D eigenvalue weighted by molar-refractivity contribution is -0.135. The lowest BCUT2D eigenvalue weighted by Crippen LogP contribution is -2.33. The average Bonchev–Trinajstić information content (AvgIpc) is 3.55. The maximum atomic E-state index is 13.6. The van der Waals surface area contributed by atoms with Crippen LogP contribution in [0.4, 0.5) is 5.13 Å². The largest absolute Gasteiger partial charge is 0.481 e. The molecule has 5 rings (SSSR count). The second-order valence-electron chi connectivity index (χ2n) is 9.52. The van der Waals surface area contributed by atoms with Crippen LogP contribution in [0.3, 0.4) is 0 Å². The molecule has 2 aliphatic rings. The van der Waals surface area contributed by atoms with Crippen molar-refractivity contribution in [3.63, 3.8) is 0 Å². The molecule has 1 unspecified atom stereocenters. The molecule has 0 radical (unpaired) electrons. The van der Waals surface area contributed by atoms with Crippen molar-refractivity contribution in [1.29, 1.82) is 0 Å². The first-order chi connectivity index (χ1) is 18.7. The monoisotopic (exact) mass is 571 g/mol. The van der Waals surface area contributed by atoms with E-state index in [9.17, 15) is 18.7 Å². The summed E-state index contributed by atoms with van der Waals surface area (Å²) in [6.07, 6.45) is 5.13. The summed E-state index contributed by atoms with van der Waals surface area (Å²) in [5.74, 6) is -0.837. The molecular weight excluding hydrogens is 542 g/mol. The van der Waals surface area contributed by atoms with Crippen molar-refractivity contribution in [3.8, 4) is 5.88 Å². The highest BCUT2D eigenvalue weighted by molar-refractivity contribution is 8.38. The Morgan fingerprint density at radius 1 is 1.15 bits per heavy atom. The first kappa shape index (κ1) is 27.2. The fourth-order valence-corrected chi connectivity index (χ4v) is 7.16. The molecule has 0 bridgehead atoms. The number of carboxylic acid groups (broad SMARTS) is 1. The Balaban J connectivity index is 1.36. The third-order valence-corrected chi connectivity index (χ3v) is 9.65. The van der Waals surface area contributed by atoms with Gasteiger partial charge < -0.3 is 15.2 Å². The minimum atomic E-state index is -3.45. The number of hydrogen-bond acceptors (Lipinski definition) is 10. The first-order valence-electron chi connectivity index (χ1n) is 12.5. The predicted molar refractivity (Wildman–Crippen MR) is 152 cm³/mol. The average molecular weight is 572 g/mol. The zero-order valence-electron chi connectivity index (χ0n) is 21.2. The summed E-state index contributed by atoms with van der Waals surface area (Å²) in [6.45, 7) is -0.312. The normalized spacial score (nSPS) is 18.0. The molecule has 1 fully saturated rings. The predicted octanol–water partition coefficient (Wildman–Crippen LogP) is 5.05. The van der Waals surface area contributed by atoms with Crippen molar-refractivity contribution in [2.75, 3.05) is 25.5 Å². The van der Waals surface area contributed by atoms with Crippen LogP contribution in [0.25, 0.3) is 10.3 Å². The molecule has 1 amide bonds. The number of hydrogen-bond donors (Lipinski definition) is 4. The Morgan fingerprint density at radius 3 is 2.54 bits per heavy atom. The van der Waals surface area contributed by atoms with E-state index >= 15 is 0 Å². The molecule has 4 N–H and O–H groups in total. The number of pyridine rings is 1. The minimum Gasteiger partial charge on any atom is -0.481 e. The fraction of sp³-hybridized carbons (Fsp3) is 0.385. The van der Waals surface area contributed by atoms with E-state index in [4.69, 9.17) is 9.84 Å². The Morgan fingerprint density at radius 2 is 1.90 bits per heavy atom. The number of aliphatic imine (C=N–C) groups is 2. The van der Waals surface area contributed by atoms with Crippen LogP contribution in [-0.2, 0) is 9.59 Å². The van der Waals surface area contributed by atoms with E-state index in [0.29, 0.717) is 33.7 Å². The Kier molecular flexibility index (Phi) is 7.93. The highest BCUT2D eigenvalue weighted by atomic mass is 32.3. The molecule has 13 heteroatoms. The molecule has 1 aliphatic carbocycles. The van der Waals surface area contributed by atoms with Gasteiger partial charge in [0, 0.05) is 6.07 Å². The van der Waals surface area contributed by atoms with Crippen LogP contribution in [0.5, 0.6) is 5.88 Å². The molecule has 2 aromatic heterocycles. The number of carbonyl (C=O) groups is 2. The molecule has 39 heavy (non-hydrogen) atoms. The fourth-order valence-electron chi connectivity index (χ4n) is 4.88. The van der Waals surface area contributed by atoms with Crippen molar-refractivity contribution in [3.05, 3.63) is 42.0 Å². The van der Waals surface area contributed by atoms with Crippen LogP contribution >= 0.6 is 21.9 Å². The molecule has 1 saturated carbocycles. The van der Waals surface area contributed by atoms with Gasteiger partial charge in [-0.1, -0.05) is 49.2 Å². The summed E-state index contributed by atoms with van der Waals surface area (Å²) >= 11 is 1.28. The minimum absolute atomic E-state index is 0.0119. The number of nitrogens with zero attached hydrogens (tertiary/aromatic N) is 4. The van der Waals surface area contributed by atoms with E-state index < -0.39 is 29.0 Å². The van der Waals surface area contributed by atoms with Crippen LogP contribution in [-0.4, -0.2) is 67.0 Å². The van der Waals surface area contributed by atoms with Crippen molar-refractivity contribution >= 4 is 60.0 Å². The van der Waals surface area contributed by atoms with E-state index in [0.717, 1.165) is 31.2 Å². The van der Waals surface area contributed by atoms with E-state index in [1.165, 1.54) is 11.3 Å². The number of aromatic nitrogens is 2. The number of anilines is 1. The third-order valence-electron chi connectivity index (χ3n) is 6.93. The number of aliphatic carboxylic acids is 1. The zero-order valence-corrected chi connectivity index (χ0v) is 22.9. The third kappa shape index (κ3) is 5.96. The summed E-state index contributed by atoms with van der Waals surface area (Å²) in [5.41, 5.74) is 1.71. The maximum Gasteiger partial charge on any atom is 0.325 e. The van der Waals surface area contributed by atoms with Crippen LogP contribution in [0.1, 0.15) is 43.6 Å². The lowest BCUT2D eigenvalue weighted by atomic mass is 9.87. The van der Waals surface area contributed by atoms with Crippen molar-refractivity contribution in [2.45, 2.75) is 42.9 Å². The van der Waals surface area contributed by atoms with Crippen molar-refractivity contribution in [2.24, 2.45) is 15.9 Å². The van der Waals surface area contributed by atoms with Gasteiger partial charge in [-0.3, -0.25) is 28.7 Å². The second-order valence-corrected chi connectivity index (χ2v) is 12.5. The van der Waals surface area contributed by atoms with E-state index in [2.05, 4.69) is 25.3 Å². The van der Waals surface area contributed by atoms with Crippen LogP contribution in [0.2, 0.25) is 0 Å². The molecule has 0 saturated heterocycles.